The van der Waals surface area contributed by atoms with E-state index >= 15 is 0 Å². The molecule has 0 fully saturated rings. The Hall–Kier alpha value is -1.16. The van der Waals surface area contributed by atoms with E-state index in [0.29, 0.717) is 11.5 Å². The zero-order chi connectivity index (χ0) is 6.69. The Kier molecular flexibility index (Phi) is 1.60. The van der Waals surface area contributed by atoms with Gasteiger partial charge in [-0.2, -0.15) is 0 Å². The fourth-order valence-electron chi connectivity index (χ4n) is 0.446. The molecule has 1 heterocycles. The average Bonchev–Trinajstić information content (AvgIpc) is 1.90. The molecule has 0 atom stereocenters. The summed E-state index contributed by atoms with van der Waals surface area (Å²) in [6.07, 6.45) is 2.91. The molecule has 0 aliphatic carbocycles. The van der Waals surface area contributed by atoms with Crippen LogP contribution in [-0.2, 0) is 6.61 Å². The zero-order valence-corrected chi connectivity index (χ0v) is 4.78. The van der Waals surface area contributed by atoms with Crippen LogP contribution in [0.25, 0.3) is 0 Å². The van der Waals surface area contributed by atoms with Crippen LogP contribution in [0.4, 0.5) is 5.69 Å². The maximum Gasteiger partial charge on any atom is 0.153 e. The van der Waals surface area contributed by atoms with Crippen molar-refractivity contribution in [2.75, 3.05) is 5.73 Å². The van der Waals surface area contributed by atoms with Gasteiger partial charge in [-0.3, -0.25) is 0 Å². The third kappa shape index (κ3) is 1.36. The van der Waals surface area contributed by atoms with Crippen LogP contribution in [0.3, 0.4) is 0 Å². The highest BCUT2D eigenvalue weighted by Crippen LogP contribution is 1.94. The average molecular weight is 125 g/mol. The molecule has 0 amide bonds. The van der Waals surface area contributed by atoms with Gasteiger partial charge in [0.1, 0.15) is 6.61 Å². The van der Waals surface area contributed by atoms with Crippen molar-refractivity contribution in [3.8, 4) is 0 Å². The molecule has 0 radical (unpaired) electrons. The van der Waals surface area contributed by atoms with Crippen LogP contribution in [-0.4, -0.2) is 15.1 Å². The molecule has 0 aromatic carbocycles. The Bertz CT molecular complexity index is 184. The first-order chi connectivity index (χ1) is 4.33. The maximum absolute atomic E-state index is 8.46. The lowest BCUT2D eigenvalue weighted by Gasteiger charge is -1.92. The van der Waals surface area contributed by atoms with Gasteiger partial charge in [0.05, 0.1) is 18.1 Å². The number of aromatic nitrogens is 2. The molecule has 0 unspecified atom stereocenters. The Morgan fingerprint density at radius 2 is 2.00 bits per heavy atom. The molecule has 9 heavy (non-hydrogen) atoms. The van der Waals surface area contributed by atoms with Gasteiger partial charge in [0.2, 0.25) is 0 Å². The van der Waals surface area contributed by atoms with Gasteiger partial charge in [-0.1, -0.05) is 0 Å². The number of rotatable bonds is 1. The third-order valence-corrected chi connectivity index (χ3v) is 0.867. The predicted octanol–water partition coefficient (Wildman–Crippen LogP) is -0.449. The van der Waals surface area contributed by atoms with Gasteiger partial charge in [-0.25, -0.2) is 9.97 Å². The fourth-order valence-corrected chi connectivity index (χ4v) is 0.446. The highest BCUT2D eigenvalue weighted by atomic mass is 16.3. The summed E-state index contributed by atoms with van der Waals surface area (Å²) in [5.41, 5.74) is 5.78. The molecule has 48 valence electrons. The summed E-state index contributed by atoms with van der Waals surface area (Å²) in [5.74, 6) is 0.393. The molecule has 0 saturated heterocycles. The van der Waals surface area contributed by atoms with Gasteiger partial charge in [0.15, 0.2) is 5.82 Å². The predicted molar refractivity (Wildman–Crippen MR) is 32.4 cm³/mol. The summed E-state index contributed by atoms with van der Waals surface area (Å²) in [6, 6.07) is 0. The van der Waals surface area contributed by atoms with E-state index in [0.717, 1.165) is 0 Å². The fraction of sp³-hybridized carbons (Fsp3) is 0.200. The molecule has 4 nitrogen and oxygen atoms in total. The lowest BCUT2D eigenvalue weighted by molar-refractivity contribution is 0.271. The molecule has 1 aromatic rings. The van der Waals surface area contributed by atoms with Gasteiger partial charge in [0, 0.05) is 0 Å². The second-order valence-electron chi connectivity index (χ2n) is 1.59. The van der Waals surface area contributed by atoms with Crippen molar-refractivity contribution in [2.24, 2.45) is 0 Å². The molecule has 3 N–H and O–H groups in total. The summed E-state index contributed by atoms with van der Waals surface area (Å²) >= 11 is 0. The normalized spacial score (nSPS) is 9.44. The summed E-state index contributed by atoms with van der Waals surface area (Å²) in [4.78, 5) is 7.42. The van der Waals surface area contributed by atoms with Crippen molar-refractivity contribution in [1.82, 2.24) is 9.97 Å². The van der Waals surface area contributed by atoms with E-state index in [4.69, 9.17) is 10.8 Å². The first-order valence-corrected chi connectivity index (χ1v) is 2.50. The quantitative estimate of drug-likeness (QED) is 0.533. The van der Waals surface area contributed by atoms with Crippen LogP contribution in [0, 0.1) is 0 Å². The third-order valence-electron chi connectivity index (χ3n) is 0.867. The summed E-state index contributed by atoms with van der Waals surface area (Å²) in [7, 11) is 0. The van der Waals surface area contributed by atoms with Crippen molar-refractivity contribution in [1.29, 1.82) is 0 Å². The minimum atomic E-state index is -0.139. The van der Waals surface area contributed by atoms with E-state index in [1.165, 1.54) is 12.4 Å². The topological polar surface area (TPSA) is 72.0 Å². The Labute approximate surface area is 52.4 Å². The summed E-state index contributed by atoms with van der Waals surface area (Å²) in [5, 5.41) is 8.46. The molecule has 0 spiro atoms. The van der Waals surface area contributed by atoms with Crippen molar-refractivity contribution in [2.45, 2.75) is 6.61 Å². The van der Waals surface area contributed by atoms with Crippen LogP contribution in [0.1, 0.15) is 5.82 Å². The number of anilines is 1. The van der Waals surface area contributed by atoms with Crippen molar-refractivity contribution < 1.29 is 5.11 Å². The molecular formula is C5H7N3O. The second kappa shape index (κ2) is 2.41. The highest BCUT2D eigenvalue weighted by molar-refractivity contribution is 5.29. The van der Waals surface area contributed by atoms with E-state index in [9.17, 15) is 0 Å². The molecule has 0 aliphatic rings. The first kappa shape index (κ1) is 5.97. The molecule has 4 heteroatoms. The van der Waals surface area contributed by atoms with Crippen LogP contribution < -0.4 is 5.73 Å². The molecular weight excluding hydrogens is 118 g/mol. The maximum atomic E-state index is 8.46. The number of nitrogen functional groups attached to an aromatic ring is 1. The Morgan fingerprint density at radius 3 is 2.44 bits per heavy atom. The van der Waals surface area contributed by atoms with Gasteiger partial charge in [-0.15, -0.1) is 0 Å². The first-order valence-electron chi connectivity index (χ1n) is 2.50. The van der Waals surface area contributed by atoms with Crippen molar-refractivity contribution in [3.05, 3.63) is 18.2 Å². The number of nitrogens with two attached hydrogens (primary N) is 1. The van der Waals surface area contributed by atoms with Gasteiger partial charge in [0.25, 0.3) is 0 Å². The number of hydrogen-bond acceptors (Lipinski definition) is 4. The molecule has 0 aliphatic heterocycles. The molecule has 1 rings (SSSR count). The zero-order valence-electron chi connectivity index (χ0n) is 4.78. The number of nitrogens with zero attached hydrogens (tertiary/aromatic N) is 2. The van der Waals surface area contributed by atoms with Gasteiger partial charge >= 0.3 is 0 Å². The standard InChI is InChI=1S/C5H7N3O/c6-4-1-7-5(3-9)8-2-4/h1-2,9H,3,6H2. The lowest BCUT2D eigenvalue weighted by atomic mass is 10.5. The largest absolute Gasteiger partial charge is 0.396 e. The minimum absolute atomic E-state index is 0.139. The SMILES string of the molecule is Nc1cnc(CO)nc1. The smallest absolute Gasteiger partial charge is 0.153 e. The summed E-state index contributed by atoms with van der Waals surface area (Å²) < 4.78 is 0. The van der Waals surface area contributed by atoms with E-state index in [1.54, 1.807) is 0 Å². The van der Waals surface area contributed by atoms with Gasteiger partial charge < -0.3 is 10.8 Å². The van der Waals surface area contributed by atoms with Crippen molar-refractivity contribution in [3.63, 3.8) is 0 Å². The Morgan fingerprint density at radius 1 is 1.44 bits per heavy atom. The molecule has 1 aromatic heterocycles. The number of hydrogen-bond donors (Lipinski definition) is 2. The lowest BCUT2D eigenvalue weighted by Crippen LogP contribution is -1.95. The molecule has 0 bridgehead atoms. The minimum Gasteiger partial charge on any atom is -0.396 e. The van der Waals surface area contributed by atoms with Crippen LogP contribution in [0.2, 0.25) is 0 Å². The van der Waals surface area contributed by atoms with Crippen LogP contribution in [0.5, 0.6) is 0 Å². The monoisotopic (exact) mass is 125 g/mol. The number of aliphatic hydroxyl groups excluding tert-OH is 1. The summed E-state index contributed by atoms with van der Waals surface area (Å²) in [6.45, 7) is -0.139. The number of aliphatic hydroxyl groups is 1. The van der Waals surface area contributed by atoms with E-state index in [2.05, 4.69) is 9.97 Å². The van der Waals surface area contributed by atoms with E-state index in [1.807, 2.05) is 0 Å². The highest BCUT2D eigenvalue weighted by Gasteiger charge is 1.89. The van der Waals surface area contributed by atoms with E-state index in [-0.39, 0.29) is 6.61 Å². The van der Waals surface area contributed by atoms with Crippen molar-refractivity contribution >= 4 is 5.69 Å². The molecule has 0 saturated carbocycles. The van der Waals surface area contributed by atoms with Crippen LogP contribution in [0.15, 0.2) is 12.4 Å². The second-order valence-corrected chi connectivity index (χ2v) is 1.59. The van der Waals surface area contributed by atoms with Crippen LogP contribution >= 0.6 is 0 Å². The van der Waals surface area contributed by atoms with E-state index < -0.39 is 0 Å². The van der Waals surface area contributed by atoms with Gasteiger partial charge in [-0.05, 0) is 0 Å². The Balaban J connectivity index is 2.88.